The molecule has 1 aromatic heterocycles. The van der Waals surface area contributed by atoms with Crippen LogP contribution in [-0.4, -0.2) is 25.7 Å². The van der Waals surface area contributed by atoms with E-state index >= 15 is 0 Å². The van der Waals surface area contributed by atoms with E-state index in [2.05, 4.69) is 11.6 Å². The highest BCUT2D eigenvalue weighted by Crippen LogP contribution is 2.32. The molecule has 0 atom stereocenters. The lowest BCUT2D eigenvalue weighted by Crippen LogP contribution is -2.45. The molecule has 0 spiro atoms. The number of sulfonamides is 1. The minimum absolute atomic E-state index is 0.108. The molecule has 0 bridgehead atoms. The quantitative estimate of drug-likeness (QED) is 0.897. The van der Waals surface area contributed by atoms with Crippen LogP contribution in [0.2, 0.25) is 0 Å². The first kappa shape index (κ1) is 15.9. The van der Waals surface area contributed by atoms with Gasteiger partial charge in [0.15, 0.2) is 0 Å². The fraction of sp³-hybridized carbons (Fsp3) is 0.714. The molecule has 20 heavy (non-hydrogen) atoms. The number of rotatable bonds is 4. The molecular formula is C14H23NO3S2. The maximum absolute atomic E-state index is 12.3. The molecule has 0 aliphatic heterocycles. The molecule has 0 aromatic carbocycles. The van der Waals surface area contributed by atoms with Gasteiger partial charge in [-0.05, 0) is 51.5 Å². The van der Waals surface area contributed by atoms with Gasteiger partial charge in [0.05, 0.1) is 10.5 Å². The summed E-state index contributed by atoms with van der Waals surface area (Å²) >= 11 is 1.48. The molecule has 2 N–H and O–H groups in total. The van der Waals surface area contributed by atoms with Gasteiger partial charge >= 0.3 is 0 Å². The summed E-state index contributed by atoms with van der Waals surface area (Å²) in [6, 6.07) is 1.69. The van der Waals surface area contributed by atoms with E-state index in [9.17, 15) is 13.5 Å². The van der Waals surface area contributed by atoms with Crippen LogP contribution in [0.1, 0.15) is 42.4 Å². The van der Waals surface area contributed by atoms with Gasteiger partial charge in [-0.2, -0.15) is 0 Å². The molecule has 1 saturated carbocycles. The molecule has 1 aliphatic carbocycles. The van der Waals surface area contributed by atoms with Crippen molar-refractivity contribution < 1.29 is 13.5 Å². The first-order valence-electron chi connectivity index (χ1n) is 7.01. The van der Waals surface area contributed by atoms with Crippen LogP contribution in [0.25, 0.3) is 0 Å². The van der Waals surface area contributed by atoms with Gasteiger partial charge in [-0.3, -0.25) is 0 Å². The Morgan fingerprint density at radius 1 is 1.40 bits per heavy atom. The molecule has 1 heterocycles. The summed E-state index contributed by atoms with van der Waals surface area (Å²) < 4.78 is 27.2. The zero-order valence-corrected chi connectivity index (χ0v) is 13.9. The lowest BCUT2D eigenvalue weighted by atomic mass is 9.80. The minimum Gasteiger partial charge on any atom is -0.389 e. The molecule has 0 saturated heterocycles. The predicted octanol–water partition coefficient (Wildman–Crippen LogP) is 2.58. The molecule has 114 valence electrons. The van der Waals surface area contributed by atoms with E-state index < -0.39 is 15.6 Å². The topological polar surface area (TPSA) is 66.4 Å². The van der Waals surface area contributed by atoms with Crippen molar-refractivity contribution in [3.8, 4) is 0 Å². The smallest absolute Gasteiger partial charge is 0.241 e. The second-order valence-electron chi connectivity index (χ2n) is 6.01. The Bertz CT molecular complexity index is 569. The highest BCUT2D eigenvalue weighted by atomic mass is 32.2. The van der Waals surface area contributed by atoms with Gasteiger partial charge in [-0.25, -0.2) is 13.1 Å². The summed E-state index contributed by atoms with van der Waals surface area (Å²) in [6.45, 7) is 5.98. The molecule has 2 rings (SSSR count). The first-order valence-corrected chi connectivity index (χ1v) is 9.31. The largest absolute Gasteiger partial charge is 0.389 e. The van der Waals surface area contributed by atoms with E-state index in [0.29, 0.717) is 23.7 Å². The molecule has 1 aromatic rings. The maximum atomic E-state index is 12.3. The number of aliphatic hydroxyl groups is 1. The Morgan fingerprint density at radius 2 is 2.00 bits per heavy atom. The zero-order chi connectivity index (χ0) is 15.0. The zero-order valence-electron chi connectivity index (χ0n) is 12.3. The number of hydrogen-bond acceptors (Lipinski definition) is 4. The van der Waals surface area contributed by atoms with Crippen molar-refractivity contribution in [2.75, 3.05) is 6.54 Å². The van der Waals surface area contributed by atoms with E-state index in [1.807, 2.05) is 13.8 Å². The van der Waals surface area contributed by atoms with Crippen LogP contribution in [0.4, 0.5) is 0 Å². The summed E-state index contributed by atoms with van der Waals surface area (Å²) in [5, 5.41) is 10.4. The molecule has 6 heteroatoms. The second-order valence-corrected chi connectivity index (χ2v) is 9.20. The Labute approximate surface area is 125 Å². The van der Waals surface area contributed by atoms with E-state index in [1.165, 1.54) is 11.3 Å². The van der Waals surface area contributed by atoms with Crippen molar-refractivity contribution in [2.45, 2.75) is 57.0 Å². The van der Waals surface area contributed by atoms with Gasteiger partial charge in [0, 0.05) is 16.3 Å². The predicted molar refractivity (Wildman–Crippen MR) is 81.6 cm³/mol. The highest BCUT2D eigenvalue weighted by Gasteiger charge is 2.33. The molecule has 1 fully saturated rings. The van der Waals surface area contributed by atoms with Gasteiger partial charge < -0.3 is 5.11 Å². The summed E-state index contributed by atoms with van der Waals surface area (Å²) in [7, 11) is -3.52. The fourth-order valence-electron chi connectivity index (χ4n) is 2.66. The first-order chi connectivity index (χ1) is 9.22. The molecule has 0 radical (unpaired) electrons. The Morgan fingerprint density at radius 3 is 2.50 bits per heavy atom. The number of aryl methyl sites for hydroxylation is 2. The van der Waals surface area contributed by atoms with Crippen LogP contribution in [0, 0.1) is 19.8 Å². The minimum atomic E-state index is -3.52. The molecular weight excluding hydrogens is 294 g/mol. The van der Waals surface area contributed by atoms with Gasteiger partial charge in [0.2, 0.25) is 10.0 Å². The van der Waals surface area contributed by atoms with E-state index in [0.717, 1.165) is 22.6 Å². The van der Waals surface area contributed by atoms with Crippen LogP contribution in [-0.2, 0) is 10.0 Å². The van der Waals surface area contributed by atoms with Crippen molar-refractivity contribution in [1.29, 1.82) is 0 Å². The average molecular weight is 317 g/mol. The van der Waals surface area contributed by atoms with Crippen molar-refractivity contribution in [3.05, 3.63) is 15.8 Å². The summed E-state index contributed by atoms with van der Waals surface area (Å²) in [5.41, 5.74) is -0.890. The molecule has 0 amide bonds. The average Bonchev–Trinajstić information content (AvgIpc) is 2.71. The lowest BCUT2D eigenvalue weighted by molar-refractivity contribution is -0.00182. The Kier molecular flexibility index (Phi) is 4.59. The van der Waals surface area contributed by atoms with Gasteiger partial charge in [0.25, 0.3) is 0 Å². The van der Waals surface area contributed by atoms with E-state index in [1.54, 1.807) is 6.07 Å². The van der Waals surface area contributed by atoms with Gasteiger partial charge in [0.1, 0.15) is 0 Å². The maximum Gasteiger partial charge on any atom is 0.241 e. The summed E-state index contributed by atoms with van der Waals surface area (Å²) in [6.07, 6.45) is 3.24. The van der Waals surface area contributed by atoms with E-state index in [-0.39, 0.29) is 6.54 Å². The summed E-state index contributed by atoms with van der Waals surface area (Å²) in [5.74, 6) is 0.619. The molecule has 4 nitrogen and oxygen atoms in total. The number of hydrogen-bond donors (Lipinski definition) is 2. The monoisotopic (exact) mass is 317 g/mol. The van der Waals surface area contributed by atoms with Gasteiger partial charge in [-0.15, -0.1) is 11.3 Å². The molecule has 0 unspecified atom stereocenters. The summed E-state index contributed by atoms with van der Waals surface area (Å²) in [4.78, 5) is 2.11. The lowest BCUT2D eigenvalue weighted by Gasteiger charge is -2.34. The van der Waals surface area contributed by atoms with Crippen molar-refractivity contribution in [3.63, 3.8) is 0 Å². The number of nitrogens with one attached hydrogen (secondary N) is 1. The van der Waals surface area contributed by atoms with Crippen LogP contribution >= 0.6 is 11.3 Å². The Balaban J connectivity index is 2.04. The third-order valence-electron chi connectivity index (χ3n) is 4.08. The van der Waals surface area contributed by atoms with Crippen LogP contribution in [0.5, 0.6) is 0 Å². The highest BCUT2D eigenvalue weighted by molar-refractivity contribution is 7.89. The van der Waals surface area contributed by atoms with E-state index in [4.69, 9.17) is 0 Å². The van der Waals surface area contributed by atoms with Crippen molar-refractivity contribution in [2.24, 2.45) is 5.92 Å². The normalized spacial score (nSPS) is 27.7. The van der Waals surface area contributed by atoms with Crippen LogP contribution < -0.4 is 4.72 Å². The fourth-order valence-corrected chi connectivity index (χ4v) is 5.33. The molecule has 1 aliphatic rings. The second kappa shape index (κ2) is 5.75. The van der Waals surface area contributed by atoms with Crippen molar-refractivity contribution in [1.82, 2.24) is 4.72 Å². The van der Waals surface area contributed by atoms with Crippen LogP contribution in [0.3, 0.4) is 0 Å². The standard InChI is InChI=1S/C14H23NO3S2/c1-10-4-6-14(16,7-5-10)9-15-20(17,18)13-8-11(2)19-12(13)3/h8,10,15-16H,4-7,9H2,1-3H3. The SMILES string of the molecule is Cc1cc(S(=O)(=O)NCC2(O)CCC(C)CC2)c(C)s1. The van der Waals surface area contributed by atoms with Crippen molar-refractivity contribution >= 4 is 21.4 Å². The third kappa shape index (κ3) is 3.61. The van der Waals surface area contributed by atoms with Crippen LogP contribution in [0.15, 0.2) is 11.0 Å². The van der Waals surface area contributed by atoms with Gasteiger partial charge in [-0.1, -0.05) is 6.92 Å². The number of thiophene rings is 1. The Hall–Kier alpha value is -0.430. The third-order valence-corrected chi connectivity index (χ3v) is 6.70.